The highest BCUT2D eigenvalue weighted by atomic mass is 32.3. The van der Waals surface area contributed by atoms with E-state index in [0.29, 0.717) is 12.1 Å². The fourth-order valence-corrected chi connectivity index (χ4v) is 6.65. The third-order valence-corrected chi connectivity index (χ3v) is 8.40. The molecule has 7 nitrogen and oxygen atoms in total. The first-order valence-electron chi connectivity index (χ1n) is 6.32. The standard InChI is InChI=1S/C11H17N3O4S3/c1-4-12-9-7-14(3)21(17,18)11-8(9)6-10(19-11)20(15,16)13-5-2/h5-6,9,12H,4,7H2,1-3H3/t9-/m0/s1. The van der Waals surface area contributed by atoms with Crippen LogP contribution in [-0.4, -0.2) is 47.5 Å². The highest BCUT2D eigenvalue weighted by Gasteiger charge is 2.38. The Hall–Kier alpha value is -0.810. The summed E-state index contributed by atoms with van der Waals surface area (Å²) < 4.78 is 53.3. The van der Waals surface area contributed by atoms with E-state index in [2.05, 4.69) is 9.71 Å². The number of nitrogens with zero attached hydrogens (tertiary/aromatic N) is 2. The van der Waals surface area contributed by atoms with Crippen LogP contribution in [-0.2, 0) is 20.0 Å². The van der Waals surface area contributed by atoms with Gasteiger partial charge in [-0.2, -0.15) is 17.1 Å². The number of likely N-dealkylation sites (N-methyl/N-ethyl adjacent to an activating group) is 2. The van der Waals surface area contributed by atoms with E-state index in [1.807, 2.05) is 6.92 Å². The molecule has 118 valence electrons. The fraction of sp³-hybridized carbons (Fsp3) is 0.545. The van der Waals surface area contributed by atoms with E-state index in [1.54, 1.807) is 0 Å². The van der Waals surface area contributed by atoms with Crippen molar-refractivity contribution in [3.05, 3.63) is 11.6 Å². The SMILES string of the molecule is CC=NS(=O)(=O)c1cc2c(s1)S(=O)(=O)N(C)C[C@@H]2NCC. The minimum absolute atomic E-state index is 0.0487. The van der Waals surface area contributed by atoms with Gasteiger partial charge in [0.25, 0.3) is 20.0 Å². The van der Waals surface area contributed by atoms with Crippen LogP contribution in [0.25, 0.3) is 0 Å². The predicted molar refractivity (Wildman–Crippen MR) is 81.9 cm³/mol. The Bertz CT molecular complexity index is 765. The number of thiophene rings is 1. The summed E-state index contributed by atoms with van der Waals surface area (Å²) in [4.78, 5) is 0. The molecule has 1 aliphatic heterocycles. The van der Waals surface area contributed by atoms with Crippen LogP contribution in [0.4, 0.5) is 0 Å². The van der Waals surface area contributed by atoms with Gasteiger partial charge in [0.15, 0.2) is 0 Å². The molecule has 0 spiro atoms. The van der Waals surface area contributed by atoms with Gasteiger partial charge < -0.3 is 5.32 Å². The zero-order valence-electron chi connectivity index (χ0n) is 11.9. The van der Waals surface area contributed by atoms with Crippen LogP contribution in [0.15, 0.2) is 18.9 Å². The van der Waals surface area contributed by atoms with Crippen molar-refractivity contribution in [2.24, 2.45) is 4.40 Å². The highest BCUT2D eigenvalue weighted by Crippen LogP contribution is 2.39. The third-order valence-electron chi connectivity index (χ3n) is 3.11. The van der Waals surface area contributed by atoms with Crippen molar-refractivity contribution in [1.29, 1.82) is 0 Å². The lowest BCUT2D eigenvalue weighted by Crippen LogP contribution is -2.40. The molecule has 10 heteroatoms. The van der Waals surface area contributed by atoms with Gasteiger partial charge in [-0.05, 0) is 19.5 Å². The lowest BCUT2D eigenvalue weighted by Gasteiger charge is -2.29. The Kier molecular flexibility index (Phi) is 4.54. The number of hydrogen-bond acceptors (Lipinski definition) is 6. The van der Waals surface area contributed by atoms with Gasteiger partial charge in [0.2, 0.25) is 0 Å². The van der Waals surface area contributed by atoms with Crippen molar-refractivity contribution < 1.29 is 16.8 Å². The van der Waals surface area contributed by atoms with Gasteiger partial charge in [-0.1, -0.05) is 6.92 Å². The first-order valence-corrected chi connectivity index (χ1v) is 10.0. The Labute approximate surface area is 128 Å². The minimum atomic E-state index is -3.83. The van der Waals surface area contributed by atoms with Gasteiger partial charge in [-0.3, -0.25) is 0 Å². The second-order valence-electron chi connectivity index (χ2n) is 4.54. The number of nitrogens with one attached hydrogen (secondary N) is 1. The van der Waals surface area contributed by atoms with Crippen molar-refractivity contribution >= 4 is 37.6 Å². The maximum atomic E-state index is 12.3. The Balaban J connectivity index is 2.63. The maximum absolute atomic E-state index is 12.3. The second kappa shape index (κ2) is 5.76. The minimum Gasteiger partial charge on any atom is -0.309 e. The van der Waals surface area contributed by atoms with Gasteiger partial charge in [-0.15, -0.1) is 11.3 Å². The second-order valence-corrected chi connectivity index (χ2v) is 9.69. The van der Waals surface area contributed by atoms with Crippen molar-refractivity contribution in [3.8, 4) is 0 Å². The first-order chi connectivity index (χ1) is 9.74. The summed E-state index contributed by atoms with van der Waals surface area (Å²) in [6.45, 7) is 4.34. The largest absolute Gasteiger partial charge is 0.309 e. The van der Waals surface area contributed by atoms with Crippen molar-refractivity contribution in [1.82, 2.24) is 9.62 Å². The normalized spacial score (nSPS) is 22.5. The molecule has 0 bridgehead atoms. The van der Waals surface area contributed by atoms with Crippen LogP contribution in [0.1, 0.15) is 25.5 Å². The summed E-state index contributed by atoms with van der Waals surface area (Å²) in [5.74, 6) is 0. The third kappa shape index (κ3) is 2.90. The molecule has 0 saturated heterocycles. The number of hydrogen-bond donors (Lipinski definition) is 1. The van der Waals surface area contributed by atoms with Crippen LogP contribution < -0.4 is 5.32 Å². The van der Waals surface area contributed by atoms with E-state index < -0.39 is 20.0 Å². The van der Waals surface area contributed by atoms with Crippen molar-refractivity contribution in [3.63, 3.8) is 0 Å². The van der Waals surface area contributed by atoms with Crippen molar-refractivity contribution in [2.75, 3.05) is 20.1 Å². The van der Waals surface area contributed by atoms with E-state index in [4.69, 9.17) is 0 Å². The van der Waals surface area contributed by atoms with E-state index in [0.717, 1.165) is 11.3 Å². The summed E-state index contributed by atoms with van der Waals surface area (Å²) in [7, 11) is -5.98. The number of fused-ring (bicyclic) bond motifs is 1. The molecule has 0 aromatic carbocycles. The molecular formula is C11H17N3O4S3. The average molecular weight is 351 g/mol. The van der Waals surface area contributed by atoms with Gasteiger partial charge in [0.1, 0.15) is 8.42 Å². The van der Waals surface area contributed by atoms with Crippen LogP contribution in [0.3, 0.4) is 0 Å². The molecule has 1 aromatic rings. The molecule has 0 fully saturated rings. The fourth-order valence-electron chi connectivity index (χ4n) is 2.14. The molecule has 1 aromatic heterocycles. The Morgan fingerprint density at radius 2 is 2.24 bits per heavy atom. The topological polar surface area (TPSA) is 95.9 Å². The summed E-state index contributed by atoms with van der Waals surface area (Å²) in [5, 5.41) is 3.17. The average Bonchev–Trinajstić information content (AvgIpc) is 2.83. The van der Waals surface area contributed by atoms with Crippen LogP contribution in [0.2, 0.25) is 0 Å². The Morgan fingerprint density at radius 3 is 2.81 bits per heavy atom. The highest BCUT2D eigenvalue weighted by molar-refractivity contribution is 7.94. The molecule has 21 heavy (non-hydrogen) atoms. The first kappa shape index (κ1) is 16.6. The molecular weight excluding hydrogens is 334 g/mol. The summed E-state index contributed by atoms with van der Waals surface area (Å²) in [5.41, 5.74) is 0.504. The lowest BCUT2D eigenvalue weighted by atomic mass is 10.1. The molecule has 0 aliphatic carbocycles. The number of rotatable bonds is 4. The molecule has 1 atom stereocenters. The van der Waals surface area contributed by atoms with Gasteiger partial charge in [0.05, 0.1) is 0 Å². The zero-order chi connectivity index (χ0) is 15.8. The molecule has 2 heterocycles. The molecule has 0 saturated carbocycles. The smallest absolute Gasteiger partial charge is 0.291 e. The Morgan fingerprint density at radius 1 is 1.57 bits per heavy atom. The van der Waals surface area contributed by atoms with Crippen LogP contribution in [0, 0.1) is 0 Å². The van der Waals surface area contributed by atoms with E-state index in [-0.39, 0.29) is 21.0 Å². The van der Waals surface area contributed by atoms with E-state index >= 15 is 0 Å². The monoisotopic (exact) mass is 351 g/mol. The maximum Gasteiger partial charge on any atom is 0.291 e. The summed E-state index contributed by atoms with van der Waals surface area (Å²) in [6.07, 6.45) is 1.18. The van der Waals surface area contributed by atoms with Gasteiger partial charge in [-0.25, -0.2) is 8.42 Å². The van der Waals surface area contributed by atoms with Crippen LogP contribution >= 0.6 is 11.3 Å². The quantitative estimate of drug-likeness (QED) is 0.810. The molecule has 0 radical (unpaired) electrons. The lowest BCUT2D eigenvalue weighted by molar-refractivity contribution is 0.385. The van der Waals surface area contributed by atoms with E-state index in [1.165, 1.54) is 30.6 Å². The summed E-state index contributed by atoms with van der Waals surface area (Å²) in [6, 6.07) is 1.20. The predicted octanol–water partition coefficient (Wildman–Crippen LogP) is 0.812. The van der Waals surface area contributed by atoms with Crippen molar-refractivity contribution in [2.45, 2.75) is 28.3 Å². The van der Waals surface area contributed by atoms with Gasteiger partial charge >= 0.3 is 0 Å². The molecule has 1 aliphatic rings. The molecule has 0 unspecified atom stereocenters. The molecule has 0 amide bonds. The molecule has 1 N–H and O–H groups in total. The zero-order valence-corrected chi connectivity index (χ0v) is 14.3. The number of sulfonamides is 2. The summed E-state index contributed by atoms with van der Waals surface area (Å²) >= 11 is 0.751. The van der Waals surface area contributed by atoms with Crippen LogP contribution in [0.5, 0.6) is 0 Å². The van der Waals surface area contributed by atoms with Gasteiger partial charge in [0, 0.05) is 31.4 Å². The molecule has 2 rings (SSSR count). The van der Waals surface area contributed by atoms with E-state index in [9.17, 15) is 16.8 Å².